The molecule has 3 aromatic rings. The average Bonchev–Trinajstić information content (AvgIpc) is 3.05. The predicted molar refractivity (Wildman–Crippen MR) is 94.7 cm³/mol. The van der Waals surface area contributed by atoms with E-state index in [4.69, 9.17) is 11.6 Å². The van der Waals surface area contributed by atoms with Crippen molar-refractivity contribution < 1.29 is 9.72 Å². The van der Waals surface area contributed by atoms with Gasteiger partial charge in [-0.3, -0.25) is 14.9 Å². The number of nitro benzene ring substituents is 1. The SMILES string of the molecule is Cc1cc([N+](=O)[O-])ccc1NC(=O)Cn1nnnc1-c1ccc(Cl)cc1. The molecule has 0 aliphatic heterocycles. The monoisotopic (exact) mass is 372 g/mol. The molecule has 1 aromatic heterocycles. The number of hydrogen-bond acceptors (Lipinski definition) is 6. The van der Waals surface area contributed by atoms with Gasteiger partial charge in [-0.15, -0.1) is 5.10 Å². The summed E-state index contributed by atoms with van der Waals surface area (Å²) in [6.45, 7) is 1.57. The van der Waals surface area contributed by atoms with Gasteiger partial charge in [-0.1, -0.05) is 11.6 Å². The molecule has 10 heteroatoms. The number of hydrogen-bond donors (Lipinski definition) is 1. The van der Waals surface area contributed by atoms with Crippen LogP contribution in [0.2, 0.25) is 5.02 Å². The Morgan fingerprint density at radius 3 is 2.65 bits per heavy atom. The Labute approximate surface area is 152 Å². The molecule has 1 amide bonds. The summed E-state index contributed by atoms with van der Waals surface area (Å²) in [6, 6.07) is 11.1. The Morgan fingerprint density at radius 1 is 1.27 bits per heavy atom. The molecule has 2 aromatic carbocycles. The van der Waals surface area contributed by atoms with Gasteiger partial charge in [0.15, 0.2) is 5.82 Å². The number of halogens is 1. The topological polar surface area (TPSA) is 116 Å². The summed E-state index contributed by atoms with van der Waals surface area (Å²) < 4.78 is 1.36. The normalized spacial score (nSPS) is 10.5. The highest BCUT2D eigenvalue weighted by Gasteiger charge is 2.14. The third-order valence-electron chi connectivity index (χ3n) is 3.62. The summed E-state index contributed by atoms with van der Waals surface area (Å²) in [7, 11) is 0. The first-order chi connectivity index (χ1) is 12.4. The standard InChI is InChI=1S/C16H13ClN6O3/c1-10-8-13(23(25)26)6-7-14(10)18-15(24)9-22-16(19-20-21-22)11-2-4-12(17)5-3-11/h2-8H,9H2,1H3,(H,18,24). The maximum Gasteiger partial charge on any atom is 0.269 e. The Morgan fingerprint density at radius 2 is 2.00 bits per heavy atom. The molecule has 9 nitrogen and oxygen atoms in total. The number of non-ortho nitro benzene ring substituents is 1. The van der Waals surface area contributed by atoms with Crippen molar-refractivity contribution in [3.05, 3.63) is 63.2 Å². The van der Waals surface area contributed by atoms with Crippen LogP contribution in [0.1, 0.15) is 5.56 Å². The number of amides is 1. The zero-order chi connectivity index (χ0) is 18.7. The van der Waals surface area contributed by atoms with Gasteiger partial charge in [0, 0.05) is 28.4 Å². The van der Waals surface area contributed by atoms with Gasteiger partial charge < -0.3 is 5.32 Å². The van der Waals surface area contributed by atoms with E-state index in [2.05, 4.69) is 20.8 Å². The number of nitrogens with one attached hydrogen (secondary N) is 1. The Balaban J connectivity index is 1.74. The Kier molecular flexibility index (Phi) is 4.90. The Hall–Kier alpha value is -3.33. The van der Waals surface area contributed by atoms with Crippen LogP contribution in [0.5, 0.6) is 0 Å². The van der Waals surface area contributed by atoms with Crippen LogP contribution in [-0.2, 0) is 11.3 Å². The maximum absolute atomic E-state index is 12.3. The van der Waals surface area contributed by atoms with Crippen molar-refractivity contribution in [2.75, 3.05) is 5.32 Å². The first kappa shape index (κ1) is 17.5. The third kappa shape index (κ3) is 3.83. The molecule has 0 saturated heterocycles. The van der Waals surface area contributed by atoms with Gasteiger partial charge in [0.05, 0.1) is 4.92 Å². The summed E-state index contributed by atoms with van der Waals surface area (Å²) >= 11 is 5.87. The van der Waals surface area contributed by atoms with E-state index in [1.54, 1.807) is 31.2 Å². The molecule has 3 rings (SSSR count). The minimum absolute atomic E-state index is 0.0361. The van der Waals surface area contributed by atoms with Crippen LogP contribution in [0.15, 0.2) is 42.5 Å². The van der Waals surface area contributed by atoms with E-state index in [0.29, 0.717) is 22.1 Å². The van der Waals surface area contributed by atoms with Crippen LogP contribution in [-0.4, -0.2) is 31.0 Å². The molecule has 1 heterocycles. The minimum Gasteiger partial charge on any atom is -0.324 e. The van der Waals surface area contributed by atoms with Crippen LogP contribution in [0.25, 0.3) is 11.4 Å². The van der Waals surface area contributed by atoms with Crippen molar-refractivity contribution in [1.29, 1.82) is 0 Å². The van der Waals surface area contributed by atoms with Gasteiger partial charge in [-0.25, -0.2) is 4.68 Å². The van der Waals surface area contributed by atoms with Crippen molar-refractivity contribution in [3.63, 3.8) is 0 Å². The van der Waals surface area contributed by atoms with Crippen molar-refractivity contribution in [2.24, 2.45) is 0 Å². The second-order valence-corrected chi connectivity index (χ2v) is 5.91. The highest BCUT2D eigenvalue weighted by atomic mass is 35.5. The second kappa shape index (κ2) is 7.28. The first-order valence-corrected chi connectivity index (χ1v) is 7.89. The van der Waals surface area contributed by atoms with Gasteiger partial charge in [0.2, 0.25) is 5.91 Å². The van der Waals surface area contributed by atoms with Crippen LogP contribution < -0.4 is 5.32 Å². The molecule has 0 radical (unpaired) electrons. The van der Waals surface area contributed by atoms with Crippen molar-refractivity contribution in [1.82, 2.24) is 20.2 Å². The molecule has 26 heavy (non-hydrogen) atoms. The number of nitro groups is 1. The summed E-state index contributed by atoms with van der Waals surface area (Å²) in [5.74, 6) is 0.0710. The van der Waals surface area contributed by atoms with E-state index in [0.717, 1.165) is 5.56 Å². The molecule has 1 N–H and O–H groups in total. The lowest BCUT2D eigenvalue weighted by Gasteiger charge is -2.09. The lowest BCUT2D eigenvalue weighted by molar-refractivity contribution is -0.384. The molecule has 0 aliphatic rings. The van der Waals surface area contributed by atoms with Gasteiger partial charge in [0.25, 0.3) is 5.69 Å². The molecule has 132 valence electrons. The van der Waals surface area contributed by atoms with Gasteiger partial charge in [-0.05, 0) is 53.2 Å². The fourth-order valence-electron chi connectivity index (χ4n) is 2.34. The van der Waals surface area contributed by atoms with E-state index >= 15 is 0 Å². The second-order valence-electron chi connectivity index (χ2n) is 5.47. The molecule has 0 aliphatic carbocycles. The van der Waals surface area contributed by atoms with E-state index < -0.39 is 4.92 Å². The van der Waals surface area contributed by atoms with E-state index in [9.17, 15) is 14.9 Å². The van der Waals surface area contributed by atoms with Crippen molar-refractivity contribution in [2.45, 2.75) is 13.5 Å². The van der Waals surface area contributed by atoms with Crippen molar-refractivity contribution in [3.8, 4) is 11.4 Å². The third-order valence-corrected chi connectivity index (χ3v) is 3.87. The van der Waals surface area contributed by atoms with Crippen LogP contribution >= 0.6 is 11.6 Å². The Bertz CT molecular complexity index is 970. The fraction of sp³-hybridized carbons (Fsp3) is 0.125. The van der Waals surface area contributed by atoms with E-state index in [1.165, 1.54) is 22.9 Å². The van der Waals surface area contributed by atoms with Crippen LogP contribution in [0.4, 0.5) is 11.4 Å². The summed E-state index contributed by atoms with van der Waals surface area (Å²) in [4.78, 5) is 22.6. The molecule has 0 spiro atoms. The molecular weight excluding hydrogens is 360 g/mol. The average molecular weight is 373 g/mol. The van der Waals surface area contributed by atoms with Crippen LogP contribution in [0.3, 0.4) is 0 Å². The molecule has 0 unspecified atom stereocenters. The molecule has 0 atom stereocenters. The summed E-state index contributed by atoms with van der Waals surface area (Å²) in [5, 5.41) is 25.4. The van der Waals surface area contributed by atoms with Gasteiger partial charge >= 0.3 is 0 Å². The maximum atomic E-state index is 12.3. The smallest absolute Gasteiger partial charge is 0.269 e. The number of nitrogens with zero attached hydrogens (tertiary/aromatic N) is 5. The number of anilines is 1. The quantitative estimate of drug-likeness (QED) is 0.543. The number of rotatable bonds is 5. The van der Waals surface area contributed by atoms with Gasteiger partial charge in [0.1, 0.15) is 6.54 Å². The predicted octanol–water partition coefficient (Wildman–Crippen LogP) is 2.85. The van der Waals surface area contributed by atoms with Crippen LogP contribution in [0, 0.1) is 17.0 Å². The number of carbonyl (C=O) groups excluding carboxylic acids is 1. The number of carbonyl (C=O) groups is 1. The summed E-state index contributed by atoms with van der Waals surface area (Å²) in [5.41, 5.74) is 1.76. The number of aryl methyl sites for hydroxylation is 1. The highest BCUT2D eigenvalue weighted by molar-refractivity contribution is 6.30. The number of aromatic nitrogens is 4. The minimum atomic E-state index is -0.488. The van der Waals surface area contributed by atoms with E-state index in [-0.39, 0.29) is 18.1 Å². The fourth-order valence-corrected chi connectivity index (χ4v) is 2.47. The van der Waals surface area contributed by atoms with Gasteiger partial charge in [-0.2, -0.15) is 0 Å². The number of benzene rings is 2. The van der Waals surface area contributed by atoms with E-state index in [1.807, 2.05) is 0 Å². The molecule has 0 fully saturated rings. The number of tetrazole rings is 1. The zero-order valence-corrected chi connectivity index (χ0v) is 14.3. The lowest BCUT2D eigenvalue weighted by atomic mass is 10.2. The molecule has 0 bridgehead atoms. The largest absolute Gasteiger partial charge is 0.324 e. The first-order valence-electron chi connectivity index (χ1n) is 7.51. The van der Waals surface area contributed by atoms with Crippen molar-refractivity contribution >= 4 is 28.9 Å². The lowest BCUT2D eigenvalue weighted by Crippen LogP contribution is -2.20. The summed E-state index contributed by atoms with van der Waals surface area (Å²) in [6.07, 6.45) is 0. The highest BCUT2D eigenvalue weighted by Crippen LogP contribution is 2.22. The molecular formula is C16H13ClN6O3. The molecule has 0 saturated carbocycles. The zero-order valence-electron chi connectivity index (χ0n) is 13.6.